The molecule has 0 aromatic carbocycles. The summed E-state index contributed by atoms with van der Waals surface area (Å²) in [6.07, 6.45) is 7.85. The van der Waals surface area contributed by atoms with Crippen molar-refractivity contribution in [2.24, 2.45) is 0 Å². The second kappa shape index (κ2) is 8.17. The molecular weight excluding hydrogens is 196 g/mol. The van der Waals surface area contributed by atoms with Gasteiger partial charge in [-0.25, -0.2) is 0 Å². The minimum Gasteiger partial charge on any atom is -0.377 e. The second-order valence-corrected chi connectivity index (χ2v) is 6.11. The Morgan fingerprint density at radius 1 is 1.00 bits per heavy atom. The summed E-state index contributed by atoms with van der Waals surface area (Å²) in [5.74, 6) is 0. The Morgan fingerprint density at radius 3 is 2.00 bits per heavy atom. The van der Waals surface area contributed by atoms with E-state index in [9.17, 15) is 0 Å². The van der Waals surface area contributed by atoms with Crippen molar-refractivity contribution >= 4 is 8.80 Å². The van der Waals surface area contributed by atoms with Gasteiger partial charge in [-0.1, -0.05) is 31.9 Å². The van der Waals surface area contributed by atoms with E-state index in [2.05, 4.69) is 19.1 Å². The Balaban J connectivity index is 3.86. The first-order valence-corrected chi connectivity index (χ1v) is 6.98. The summed E-state index contributed by atoms with van der Waals surface area (Å²) in [6.45, 7) is 2.19. The van der Waals surface area contributed by atoms with Gasteiger partial charge in [-0.2, -0.15) is 0 Å². The highest BCUT2D eigenvalue weighted by Crippen LogP contribution is 2.13. The number of hydrogen-bond acceptors (Lipinski definition) is 3. The Kier molecular flexibility index (Phi) is 8.08. The largest absolute Gasteiger partial charge is 0.504 e. The molecule has 0 aromatic heterocycles. The molecule has 0 heterocycles. The molecule has 0 fully saturated rings. The van der Waals surface area contributed by atoms with Crippen LogP contribution in [0.3, 0.4) is 0 Å². The van der Waals surface area contributed by atoms with Gasteiger partial charge in [0, 0.05) is 27.4 Å². The quantitative estimate of drug-likeness (QED) is 0.356. The molecule has 0 aliphatic carbocycles. The van der Waals surface area contributed by atoms with Crippen molar-refractivity contribution in [2.75, 3.05) is 21.3 Å². The summed E-state index contributed by atoms with van der Waals surface area (Å²) >= 11 is 0. The molecule has 0 bridgehead atoms. The first-order valence-electron chi connectivity index (χ1n) is 5.05. The average molecular weight is 218 g/mol. The maximum Gasteiger partial charge on any atom is 0.504 e. The molecule has 0 rings (SSSR count). The average Bonchev–Trinajstić information content (AvgIpc) is 2.24. The number of allylic oxidation sites excluding steroid dienone is 2. The van der Waals surface area contributed by atoms with Gasteiger partial charge < -0.3 is 13.3 Å². The van der Waals surface area contributed by atoms with Crippen LogP contribution < -0.4 is 0 Å². The van der Waals surface area contributed by atoms with Gasteiger partial charge in [0.2, 0.25) is 0 Å². The lowest BCUT2D eigenvalue weighted by molar-refractivity contribution is 0.127. The van der Waals surface area contributed by atoms with Crippen molar-refractivity contribution in [1.82, 2.24) is 0 Å². The van der Waals surface area contributed by atoms with Crippen LogP contribution in [0.2, 0.25) is 6.04 Å². The summed E-state index contributed by atoms with van der Waals surface area (Å²) in [5, 5.41) is 0. The molecule has 14 heavy (non-hydrogen) atoms. The van der Waals surface area contributed by atoms with Crippen molar-refractivity contribution in [3.8, 4) is 0 Å². The van der Waals surface area contributed by atoms with Crippen LogP contribution in [0.5, 0.6) is 0 Å². The molecule has 0 amide bonds. The smallest absolute Gasteiger partial charge is 0.377 e. The van der Waals surface area contributed by atoms with E-state index in [1.54, 1.807) is 21.3 Å². The van der Waals surface area contributed by atoms with Crippen LogP contribution in [0.25, 0.3) is 0 Å². The van der Waals surface area contributed by atoms with E-state index in [-0.39, 0.29) is 0 Å². The Labute approximate surface area is 88.4 Å². The van der Waals surface area contributed by atoms with Gasteiger partial charge in [-0.05, 0) is 6.42 Å². The van der Waals surface area contributed by atoms with Gasteiger partial charge >= 0.3 is 8.80 Å². The first kappa shape index (κ1) is 13.8. The molecular formula is C10H22O3Si. The zero-order chi connectivity index (χ0) is 10.9. The summed E-state index contributed by atoms with van der Waals surface area (Å²) in [4.78, 5) is 0. The predicted molar refractivity (Wildman–Crippen MR) is 60.3 cm³/mol. The van der Waals surface area contributed by atoms with E-state index < -0.39 is 8.80 Å². The SMILES string of the molecule is CCCCC=CC[Si](OC)(OC)OC. The van der Waals surface area contributed by atoms with Crippen LogP contribution in [0.1, 0.15) is 26.2 Å². The van der Waals surface area contributed by atoms with Crippen LogP contribution >= 0.6 is 0 Å². The number of hydrogen-bond donors (Lipinski definition) is 0. The highest BCUT2D eigenvalue weighted by atomic mass is 28.4. The van der Waals surface area contributed by atoms with Crippen molar-refractivity contribution in [3.05, 3.63) is 12.2 Å². The fourth-order valence-electron chi connectivity index (χ4n) is 1.17. The fourth-order valence-corrected chi connectivity index (χ4v) is 2.62. The minimum atomic E-state index is -2.36. The van der Waals surface area contributed by atoms with Gasteiger partial charge in [0.05, 0.1) is 0 Å². The molecule has 0 aliphatic rings. The van der Waals surface area contributed by atoms with Gasteiger partial charge in [0.15, 0.2) is 0 Å². The molecule has 3 nitrogen and oxygen atoms in total. The fraction of sp³-hybridized carbons (Fsp3) is 0.800. The predicted octanol–water partition coefficient (Wildman–Crippen LogP) is 2.61. The highest BCUT2D eigenvalue weighted by molar-refractivity contribution is 6.61. The van der Waals surface area contributed by atoms with Gasteiger partial charge in [0.25, 0.3) is 0 Å². The molecule has 0 saturated heterocycles. The summed E-state index contributed by atoms with van der Waals surface area (Å²) in [5.41, 5.74) is 0. The van der Waals surface area contributed by atoms with Gasteiger partial charge in [-0.3, -0.25) is 0 Å². The molecule has 0 saturated carbocycles. The van der Waals surface area contributed by atoms with E-state index >= 15 is 0 Å². The second-order valence-electron chi connectivity index (χ2n) is 3.11. The van der Waals surface area contributed by atoms with Crippen LogP contribution in [0, 0.1) is 0 Å². The molecule has 4 heteroatoms. The standard InChI is InChI=1S/C10H22O3Si/c1-5-6-7-8-9-10-14(11-2,12-3)13-4/h8-9H,5-7,10H2,1-4H3. The Bertz CT molecular complexity index is 147. The molecule has 0 aliphatic heterocycles. The van der Waals surface area contributed by atoms with E-state index in [1.807, 2.05) is 0 Å². The molecule has 0 N–H and O–H groups in total. The van der Waals surface area contributed by atoms with E-state index in [4.69, 9.17) is 13.3 Å². The first-order chi connectivity index (χ1) is 6.74. The monoisotopic (exact) mass is 218 g/mol. The summed E-state index contributed by atoms with van der Waals surface area (Å²) < 4.78 is 15.9. The summed E-state index contributed by atoms with van der Waals surface area (Å²) in [6, 6.07) is 0.750. The van der Waals surface area contributed by atoms with Crippen molar-refractivity contribution in [2.45, 2.75) is 32.2 Å². The number of rotatable bonds is 8. The van der Waals surface area contributed by atoms with Crippen LogP contribution in [0.4, 0.5) is 0 Å². The maximum atomic E-state index is 5.29. The highest BCUT2D eigenvalue weighted by Gasteiger charge is 2.35. The Morgan fingerprint density at radius 2 is 1.57 bits per heavy atom. The zero-order valence-corrected chi connectivity index (χ0v) is 10.7. The van der Waals surface area contributed by atoms with Gasteiger partial charge in [-0.15, -0.1) is 0 Å². The van der Waals surface area contributed by atoms with Gasteiger partial charge in [0.1, 0.15) is 0 Å². The maximum absolute atomic E-state index is 5.29. The van der Waals surface area contributed by atoms with E-state index in [0.717, 1.165) is 12.5 Å². The van der Waals surface area contributed by atoms with Crippen LogP contribution in [0.15, 0.2) is 12.2 Å². The summed E-state index contributed by atoms with van der Waals surface area (Å²) in [7, 11) is 2.55. The molecule has 0 atom stereocenters. The number of unbranched alkanes of at least 4 members (excludes halogenated alkanes) is 2. The third-order valence-electron chi connectivity index (χ3n) is 2.19. The minimum absolute atomic E-state index is 0.750. The molecule has 84 valence electrons. The van der Waals surface area contributed by atoms with Crippen molar-refractivity contribution < 1.29 is 13.3 Å². The van der Waals surface area contributed by atoms with E-state index in [1.165, 1.54) is 12.8 Å². The van der Waals surface area contributed by atoms with Crippen molar-refractivity contribution in [3.63, 3.8) is 0 Å². The molecule has 0 aromatic rings. The lowest BCUT2D eigenvalue weighted by atomic mass is 10.2. The molecule has 0 spiro atoms. The zero-order valence-electron chi connectivity index (χ0n) is 9.71. The lowest BCUT2D eigenvalue weighted by Gasteiger charge is -2.22. The van der Waals surface area contributed by atoms with E-state index in [0.29, 0.717) is 0 Å². The Hall–Kier alpha value is -0.163. The lowest BCUT2D eigenvalue weighted by Crippen LogP contribution is -2.42. The van der Waals surface area contributed by atoms with Crippen LogP contribution in [-0.4, -0.2) is 30.1 Å². The normalized spacial score (nSPS) is 12.6. The van der Waals surface area contributed by atoms with Crippen molar-refractivity contribution in [1.29, 1.82) is 0 Å². The van der Waals surface area contributed by atoms with Crippen LogP contribution in [-0.2, 0) is 13.3 Å². The topological polar surface area (TPSA) is 27.7 Å². The molecule has 0 radical (unpaired) electrons. The third-order valence-corrected chi connectivity index (χ3v) is 4.79. The third kappa shape index (κ3) is 4.90. The molecule has 0 unspecified atom stereocenters.